The van der Waals surface area contributed by atoms with Crippen LogP contribution in [0.3, 0.4) is 0 Å². The number of nitro benzene ring substituents is 1. The molecular weight excluding hydrogens is 442 g/mol. The van der Waals surface area contributed by atoms with Gasteiger partial charge in [-0.1, -0.05) is 24.9 Å². The number of hydrogen-bond donors (Lipinski definition) is 1. The van der Waals surface area contributed by atoms with E-state index in [-0.39, 0.29) is 22.1 Å². The van der Waals surface area contributed by atoms with Crippen molar-refractivity contribution in [1.82, 2.24) is 5.01 Å². The summed E-state index contributed by atoms with van der Waals surface area (Å²) in [4.78, 5) is 26.9. The van der Waals surface area contributed by atoms with E-state index >= 15 is 0 Å². The topological polar surface area (TPSA) is 125 Å². The zero-order chi connectivity index (χ0) is 22.1. The number of fused-ring (bicyclic) bond motifs is 1. The van der Waals surface area contributed by atoms with Gasteiger partial charge in [-0.15, -0.1) is 0 Å². The summed E-state index contributed by atoms with van der Waals surface area (Å²) in [5, 5.41) is 26.4. The number of nitrogens with zero attached hydrogens (tertiary/aromatic N) is 4. The summed E-state index contributed by atoms with van der Waals surface area (Å²) in [6.45, 7) is 2.08. The van der Waals surface area contributed by atoms with Crippen molar-refractivity contribution in [2.45, 2.75) is 26.2 Å². The van der Waals surface area contributed by atoms with Gasteiger partial charge in [0.25, 0.3) is 11.6 Å². The van der Waals surface area contributed by atoms with Gasteiger partial charge in [0.1, 0.15) is 16.6 Å². The summed E-state index contributed by atoms with van der Waals surface area (Å²) < 4.78 is 5.75. The predicted molar refractivity (Wildman–Crippen MR) is 120 cm³/mol. The van der Waals surface area contributed by atoms with E-state index in [9.17, 15) is 14.9 Å². The molecule has 158 valence electrons. The highest BCUT2D eigenvalue weighted by atomic mass is 35.5. The highest BCUT2D eigenvalue weighted by Crippen LogP contribution is 2.34. The number of nitro groups is 1. The average Bonchev–Trinajstić information content (AvgIpc) is 3.36. The molecule has 2 aromatic rings. The minimum atomic E-state index is -0.540. The number of non-ortho nitro benzene ring substituents is 1. The molecule has 3 heterocycles. The fraction of sp³-hybridized carbons (Fsp3) is 0.200. The molecule has 0 atom stereocenters. The van der Waals surface area contributed by atoms with Crippen LogP contribution in [0.1, 0.15) is 31.9 Å². The molecule has 0 radical (unpaired) electrons. The second-order valence-corrected chi connectivity index (χ2v) is 8.19. The normalized spacial score (nSPS) is 17.1. The number of carbonyl (C=O) groups excluding carboxylic acids is 1. The molecule has 0 saturated heterocycles. The molecule has 0 aliphatic carbocycles. The summed E-state index contributed by atoms with van der Waals surface area (Å²) in [5.41, 5.74) is 0.406. The van der Waals surface area contributed by atoms with Crippen molar-refractivity contribution in [3.05, 3.63) is 56.8 Å². The van der Waals surface area contributed by atoms with Crippen molar-refractivity contribution in [1.29, 1.82) is 5.41 Å². The van der Waals surface area contributed by atoms with Crippen LogP contribution in [-0.2, 0) is 4.79 Å². The summed E-state index contributed by atoms with van der Waals surface area (Å²) in [5.74, 6) is 0.0860. The Kier molecular flexibility index (Phi) is 5.75. The third-order valence-electron chi connectivity index (χ3n) is 4.58. The number of thioether (sulfide) groups is 1. The molecule has 0 unspecified atom stereocenters. The monoisotopic (exact) mass is 457 g/mol. The molecule has 11 heteroatoms. The Labute approximate surface area is 186 Å². The SMILES string of the molecule is CCCCC1=NN2C(=N)/C(=C/c3ccc(-c4ccc([N+](=O)[O-])cc4Cl)o3)C(=O)N=C2S1. The fourth-order valence-corrected chi connectivity index (χ4v) is 4.19. The minimum absolute atomic E-state index is 0.0561. The number of hydrogen-bond acceptors (Lipinski definition) is 7. The second kappa shape index (κ2) is 8.48. The molecule has 31 heavy (non-hydrogen) atoms. The van der Waals surface area contributed by atoms with Crippen molar-refractivity contribution in [3.8, 4) is 11.3 Å². The Morgan fingerprint density at radius 2 is 2.16 bits per heavy atom. The smallest absolute Gasteiger partial charge is 0.283 e. The lowest BCUT2D eigenvalue weighted by molar-refractivity contribution is -0.384. The van der Waals surface area contributed by atoms with Crippen molar-refractivity contribution >= 4 is 57.1 Å². The van der Waals surface area contributed by atoms with Gasteiger partial charge >= 0.3 is 0 Å². The third-order valence-corrected chi connectivity index (χ3v) is 5.86. The number of halogens is 1. The van der Waals surface area contributed by atoms with E-state index in [1.54, 1.807) is 12.1 Å². The van der Waals surface area contributed by atoms with Crippen LogP contribution in [0.15, 0.2) is 50.4 Å². The Bertz CT molecular complexity index is 1200. The maximum absolute atomic E-state index is 12.5. The Morgan fingerprint density at radius 1 is 1.35 bits per heavy atom. The highest BCUT2D eigenvalue weighted by molar-refractivity contribution is 8.26. The number of amidine groups is 2. The van der Waals surface area contributed by atoms with E-state index in [1.807, 2.05) is 0 Å². The number of unbranched alkanes of at least 4 members (excludes halogenated alkanes) is 1. The van der Waals surface area contributed by atoms with Crippen molar-refractivity contribution in [2.75, 3.05) is 0 Å². The number of aliphatic imine (C=N–C) groups is 1. The number of carbonyl (C=O) groups is 1. The molecule has 0 bridgehead atoms. The third kappa shape index (κ3) is 4.17. The molecule has 0 fully saturated rings. The van der Waals surface area contributed by atoms with Crippen LogP contribution in [0.2, 0.25) is 5.02 Å². The zero-order valence-corrected chi connectivity index (χ0v) is 17.9. The summed E-state index contributed by atoms with van der Waals surface area (Å²) in [6.07, 6.45) is 4.19. The maximum atomic E-state index is 12.5. The second-order valence-electron chi connectivity index (χ2n) is 6.74. The average molecular weight is 458 g/mol. The van der Waals surface area contributed by atoms with Gasteiger partial charge in [-0.25, -0.2) is 0 Å². The Hall–Kier alpha value is -3.24. The molecule has 9 nitrogen and oxygen atoms in total. The van der Waals surface area contributed by atoms with Crippen LogP contribution < -0.4 is 0 Å². The molecule has 1 N–H and O–H groups in total. The lowest BCUT2D eigenvalue weighted by atomic mass is 10.1. The van der Waals surface area contributed by atoms with Crippen molar-refractivity contribution < 1.29 is 14.1 Å². The number of nitrogens with one attached hydrogen (secondary N) is 1. The minimum Gasteiger partial charge on any atom is -0.457 e. The van der Waals surface area contributed by atoms with Gasteiger partial charge in [0.05, 0.1) is 15.5 Å². The number of amides is 1. The Balaban J connectivity index is 1.60. The van der Waals surface area contributed by atoms with Gasteiger partial charge in [-0.2, -0.15) is 15.1 Å². The van der Waals surface area contributed by atoms with Crippen LogP contribution in [0.25, 0.3) is 17.4 Å². The maximum Gasteiger partial charge on any atom is 0.283 e. The fourth-order valence-electron chi connectivity index (χ4n) is 3.00. The van der Waals surface area contributed by atoms with Gasteiger partial charge < -0.3 is 4.42 Å². The summed E-state index contributed by atoms with van der Waals surface area (Å²) >= 11 is 7.46. The first-order valence-corrected chi connectivity index (χ1v) is 10.6. The number of benzene rings is 1. The molecular formula is C20H16ClN5O4S. The van der Waals surface area contributed by atoms with Crippen LogP contribution in [0.4, 0.5) is 5.69 Å². The molecule has 1 amide bonds. The lowest BCUT2D eigenvalue weighted by Crippen LogP contribution is -2.35. The Morgan fingerprint density at radius 3 is 2.87 bits per heavy atom. The molecule has 1 aromatic carbocycles. The van der Waals surface area contributed by atoms with Crippen molar-refractivity contribution in [2.24, 2.45) is 10.1 Å². The molecule has 2 aliphatic heterocycles. The van der Waals surface area contributed by atoms with E-state index in [2.05, 4.69) is 17.0 Å². The lowest BCUT2D eigenvalue weighted by Gasteiger charge is -2.19. The van der Waals surface area contributed by atoms with Gasteiger partial charge in [0, 0.05) is 17.7 Å². The van der Waals surface area contributed by atoms with Gasteiger partial charge in [-0.3, -0.25) is 20.3 Å². The van der Waals surface area contributed by atoms with E-state index in [0.717, 1.165) is 24.3 Å². The van der Waals surface area contributed by atoms with E-state index < -0.39 is 10.8 Å². The predicted octanol–water partition coefficient (Wildman–Crippen LogP) is 5.32. The highest BCUT2D eigenvalue weighted by Gasteiger charge is 2.35. The van der Waals surface area contributed by atoms with Gasteiger partial charge in [-0.05, 0) is 48.9 Å². The quantitative estimate of drug-likeness (QED) is 0.355. The van der Waals surface area contributed by atoms with Crippen molar-refractivity contribution in [3.63, 3.8) is 0 Å². The van der Waals surface area contributed by atoms with E-state index in [0.29, 0.717) is 22.3 Å². The first-order valence-electron chi connectivity index (χ1n) is 9.40. The van der Waals surface area contributed by atoms with Gasteiger partial charge in [0.15, 0.2) is 5.84 Å². The standard InChI is InChI=1S/C20H16ClN5O4S/c1-2-3-4-17-24-25-18(22)14(19(27)23-20(25)31-17)10-12-6-8-16(30-12)13-7-5-11(26(28)29)9-15(13)21/h5-10,22H,2-4H2,1H3/b14-10-,22-18?. The molecule has 0 spiro atoms. The van der Waals surface area contributed by atoms with Crippen LogP contribution in [0.5, 0.6) is 0 Å². The van der Waals surface area contributed by atoms with Crippen LogP contribution in [0, 0.1) is 15.5 Å². The van der Waals surface area contributed by atoms with E-state index in [1.165, 1.54) is 41.0 Å². The number of hydrazone groups is 1. The molecule has 2 aliphatic rings. The molecule has 0 saturated carbocycles. The zero-order valence-electron chi connectivity index (χ0n) is 16.3. The molecule has 4 rings (SSSR count). The number of furan rings is 1. The first kappa shape index (κ1) is 21.0. The van der Waals surface area contributed by atoms with Crippen LogP contribution >= 0.6 is 23.4 Å². The summed E-state index contributed by atoms with van der Waals surface area (Å²) in [6, 6.07) is 7.33. The van der Waals surface area contributed by atoms with Gasteiger partial charge in [0.2, 0.25) is 5.17 Å². The largest absolute Gasteiger partial charge is 0.457 e. The molecule has 1 aromatic heterocycles. The first-order chi connectivity index (χ1) is 14.9. The van der Waals surface area contributed by atoms with E-state index in [4.69, 9.17) is 21.4 Å². The number of rotatable bonds is 6. The summed E-state index contributed by atoms with van der Waals surface area (Å²) in [7, 11) is 0. The van der Waals surface area contributed by atoms with Crippen LogP contribution in [-0.4, -0.2) is 31.9 Å².